The molecule has 0 aromatic heterocycles. The maximum absolute atomic E-state index is 13.3. The number of halogens is 1. The van der Waals surface area contributed by atoms with E-state index in [0.717, 1.165) is 71.2 Å². The summed E-state index contributed by atoms with van der Waals surface area (Å²) in [6.07, 6.45) is 5.56. The second-order valence-electron chi connectivity index (χ2n) is 9.06. The van der Waals surface area contributed by atoms with Crippen LogP contribution in [0.5, 0.6) is 11.5 Å². The third kappa shape index (κ3) is 4.02. The number of ether oxygens (including phenoxy) is 2. The molecule has 1 heterocycles. The fraction of sp³-hybridized carbons (Fsp3) is 0.538. The highest BCUT2D eigenvalue weighted by Crippen LogP contribution is 2.51. The number of carbonyl (C=O) groups is 2. The molecule has 1 aliphatic heterocycles. The van der Waals surface area contributed by atoms with Crippen molar-refractivity contribution in [3.63, 3.8) is 0 Å². The molecule has 0 unspecified atom stereocenters. The zero-order valence-corrected chi connectivity index (χ0v) is 21.0. The Balaban J connectivity index is 1.94. The number of hydrogen-bond donors (Lipinski definition) is 0. The van der Waals surface area contributed by atoms with Crippen LogP contribution in [0.25, 0.3) is 0 Å². The number of methoxy groups -OCH3 is 1. The number of rotatable bonds is 6. The predicted molar refractivity (Wildman–Crippen MR) is 128 cm³/mol. The van der Waals surface area contributed by atoms with E-state index in [-0.39, 0.29) is 23.6 Å². The van der Waals surface area contributed by atoms with Crippen LogP contribution in [0.2, 0.25) is 0 Å². The molecule has 5 nitrogen and oxygen atoms in total. The van der Waals surface area contributed by atoms with Gasteiger partial charge in [-0.1, -0.05) is 6.92 Å². The second-order valence-corrected chi connectivity index (χ2v) is 9.91. The molecule has 0 amide bonds. The van der Waals surface area contributed by atoms with Gasteiger partial charge in [0.1, 0.15) is 0 Å². The third-order valence-electron chi connectivity index (χ3n) is 6.47. The van der Waals surface area contributed by atoms with Gasteiger partial charge in [0.15, 0.2) is 23.1 Å². The Labute approximate surface area is 199 Å². The maximum atomic E-state index is 13.3. The molecule has 0 spiro atoms. The van der Waals surface area contributed by atoms with Gasteiger partial charge in [0, 0.05) is 47.8 Å². The first-order valence-corrected chi connectivity index (χ1v) is 12.5. The van der Waals surface area contributed by atoms with E-state index in [1.54, 1.807) is 7.11 Å². The van der Waals surface area contributed by atoms with E-state index in [4.69, 9.17) is 9.47 Å². The van der Waals surface area contributed by atoms with Gasteiger partial charge >= 0.3 is 0 Å². The van der Waals surface area contributed by atoms with Crippen LogP contribution in [0.4, 0.5) is 0 Å². The van der Waals surface area contributed by atoms with Crippen LogP contribution in [0.1, 0.15) is 77.2 Å². The van der Waals surface area contributed by atoms with E-state index in [1.165, 1.54) is 0 Å². The Kier molecular flexibility index (Phi) is 6.80. The summed E-state index contributed by atoms with van der Waals surface area (Å²) < 4.78 is 12.4. The molecule has 0 radical (unpaired) electrons. The molecule has 32 heavy (non-hydrogen) atoms. The third-order valence-corrected chi connectivity index (χ3v) is 7.06. The van der Waals surface area contributed by atoms with Crippen LogP contribution in [-0.2, 0) is 9.59 Å². The van der Waals surface area contributed by atoms with Gasteiger partial charge in [-0.05, 0) is 79.6 Å². The molecule has 172 valence electrons. The molecule has 0 saturated heterocycles. The van der Waals surface area contributed by atoms with Crippen LogP contribution < -0.4 is 9.47 Å². The number of nitrogens with zero attached hydrogens (tertiary/aromatic N) is 1. The minimum Gasteiger partial charge on any atom is -0.493 e. The van der Waals surface area contributed by atoms with Crippen molar-refractivity contribution in [2.24, 2.45) is 0 Å². The van der Waals surface area contributed by atoms with Crippen molar-refractivity contribution < 1.29 is 19.1 Å². The van der Waals surface area contributed by atoms with Gasteiger partial charge in [0.05, 0.1) is 17.7 Å². The van der Waals surface area contributed by atoms with Gasteiger partial charge < -0.3 is 14.4 Å². The SMILES string of the molecule is CCCN1C2=C(C(=O)CCC2)C(c2cc(Br)c(OC(C)C)c(OC)c2)C2=C1CCCC2=O. The Hall–Kier alpha value is -2.08. The topological polar surface area (TPSA) is 55.8 Å². The lowest BCUT2D eigenvalue weighted by atomic mass is 9.71. The molecule has 0 fully saturated rings. The van der Waals surface area contributed by atoms with Gasteiger partial charge in [-0.3, -0.25) is 9.59 Å². The predicted octanol–water partition coefficient (Wildman–Crippen LogP) is 6.07. The minimum absolute atomic E-state index is 0.00759. The largest absolute Gasteiger partial charge is 0.493 e. The molecule has 4 rings (SSSR count). The summed E-state index contributed by atoms with van der Waals surface area (Å²) in [5.41, 5.74) is 4.78. The molecule has 2 aliphatic carbocycles. The van der Waals surface area contributed by atoms with Crippen molar-refractivity contribution in [1.82, 2.24) is 4.90 Å². The summed E-state index contributed by atoms with van der Waals surface area (Å²) in [7, 11) is 1.62. The summed E-state index contributed by atoms with van der Waals surface area (Å²) in [5, 5.41) is 0. The first-order chi connectivity index (χ1) is 15.4. The molecule has 6 heteroatoms. The normalized spacial score (nSPS) is 19.5. The standard InChI is InChI=1S/C26H32BrNO4/c1-5-12-28-18-8-6-10-20(29)24(18)23(25-19(28)9-7-11-21(25)30)16-13-17(27)26(32-15(2)3)22(14-16)31-4/h13-15,23H,5-12H2,1-4H3. The molecule has 0 N–H and O–H groups in total. The molecule has 0 bridgehead atoms. The van der Waals surface area contributed by atoms with Gasteiger partial charge in [0.25, 0.3) is 0 Å². The van der Waals surface area contributed by atoms with Crippen LogP contribution in [0, 0.1) is 0 Å². The monoisotopic (exact) mass is 501 g/mol. The van der Waals surface area contributed by atoms with Crippen LogP contribution in [-0.4, -0.2) is 36.2 Å². The van der Waals surface area contributed by atoms with Crippen molar-refractivity contribution in [1.29, 1.82) is 0 Å². The summed E-state index contributed by atoms with van der Waals surface area (Å²) in [4.78, 5) is 28.9. The first kappa shape index (κ1) is 23.1. The average molecular weight is 502 g/mol. The number of Topliss-reactive ketones (excluding diaryl/α,β-unsaturated/α-hetero) is 2. The van der Waals surface area contributed by atoms with Gasteiger partial charge in [-0.15, -0.1) is 0 Å². The maximum Gasteiger partial charge on any atom is 0.175 e. The molecule has 0 atom stereocenters. The zero-order chi connectivity index (χ0) is 23.0. The molecule has 1 aromatic rings. The number of benzene rings is 1. The number of carbonyl (C=O) groups excluding carboxylic acids is 2. The van der Waals surface area contributed by atoms with Crippen molar-refractivity contribution in [3.8, 4) is 11.5 Å². The lowest BCUT2D eigenvalue weighted by molar-refractivity contribution is -0.117. The van der Waals surface area contributed by atoms with Crippen LogP contribution in [0.15, 0.2) is 39.1 Å². The lowest BCUT2D eigenvalue weighted by Gasteiger charge is -2.44. The summed E-state index contributed by atoms with van der Waals surface area (Å²) in [6.45, 7) is 6.94. The highest BCUT2D eigenvalue weighted by atomic mass is 79.9. The number of ketones is 2. The fourth-order valence-corrected chi connectivity index (χ4v) is 5.85. The number of allylic oxidation sites excluding steroid dienone is 4. The minimum atomic E-state index is -0.341. The zero-order valence-electron chi connectivity index (χ0n) is 19.4. The smallest absolute Gasteiger partial charge is 0.175 e. The van der Waals surface area contributed by atoms with Crippen LogP contribution >= 0.6 is 15.9 Å². The van der Waals surface area contributed by atoms with Crippen molar-refractivity contribution >= 4 is 27.5 Å². The van der Waals surface area contributed by atoms with E-state index < -0.39 is 0 Å². The van der Waals surface area contributed by atoms with E-state index in [1.807, 2.05) is 26.0 Å². The summed E-state index contributed by atoms with van der Waals surface area (Å²) in [5.74, 6) is 1.24. The van der Waals surface area contributed by atoms with E-state index in [9.17, 15) is 9.59 Å². The average Bonchev–Trinajstić information content (AvgIpc) is 2.75. The molecular weight excluding hydrogens is 470 g/mol. The Morgan fingerprint density at radius 1 is 1.03 bits per heavy atom. The van der Waals surface area contributed by atoms with E-state index in [0.29, 0.717) is 24.3 Å². The molecule has 1 aromatic carbocycles. The van der Waals surface area contributed by atoms with Gasteiger partial charge in [-0.25, -0.2) is 0 Å². The van der Waals surface area contributed by atoms with Crippen molar-refractivity contribution in [2.75, 3.05) is 13.7 Å². The summed E-state index contributed by atoms with van der Waals surface area (Å²) >= 11 is 3.66. The van der Waals surface area contributed by atoms with E-state index >= 15 is 0 Å². The van der Waals surface area contributed by atoms with Crippen LogP contribution in [0.3, 0.4) is 0 Å². The Bertz CT molecular complexity index is 963. The Morgan fingerprint density at radius 2 is 1.62 bits per heavy atom. The van der Waals surface area contributed by atoms with Crippen molar-refractivity contribution in [3.05, 3.63) is 44.7 Å². The highest BCUT2D eigenvalue weighted by molar-refractivity contribution is 9.10. The molecule has 3 aliphatic rings. The second kappa shape index (κ2) is 9.42. The highest BCUT2D eigenvalue weighted by Gasteiger charge is 2.43. The fourth-order valence-electron chi connectivity index (χ4n) is 5.30. The molecular formula is C26H32BrNO4. The molecule has 0 saturated carbocycles. The summed E-state index contributed by atoms with van der Waals surface area (Å²) in [6, 6.07) is 3.95. The Morgan fingerprint density at radius 3 is 2.12 bits per heavy atom. The quantitative estimate of drug-likeness (QED) is 0.473. The number of hydrogen-bond acceptors (Lipinski definition) is 5. The van der Waals surface area contributed by atoms with E-state index in [2.05, 4.69) is 27.8 Å². The van der Waals surface area contributed by atoms with Gasteiger partial charge in [0.2, 0.25) is 0 Å². The first-order valence-electron chi connectivity index (χ1n) is 11.7. The van der Waals surface area contributed by atoms with Crippen molar-refractivity contribution in [2.45, 2.75) is 77.7 Å². The van der Waals surface area contributed by atoms with Gasteiger partial charge in [-0.2, -0.15) is 0 Å². The lowest BCUT2D eigenvalue weighted by Crippen LogP contribution is -2.39.